The molecule has 0 saturated heterocycles. The number of aliphatic hydroxyl groups excluding tert-OH is 1. The van der Waals surface area contributed by atoms with Crippen molar-refractivity contribution < 1.29 is 5.11 Å². The summed E-state index contributed by atoms with van der Waals surface area (Å²) in [6, 6.07) is 0. The van der Waals surface area contributed by atoms with E-state index in [0.717, 1.165) is 5.57 Å². The molecule has 0 aliphatic carbocycles. The third-order valence-electron chi connectivity index (χ3n) is 1.15. The largest absolute Gasteiger partial charge is 0.512 e. The molecule has 1 heteroatoms. The van der Waals surface area contributed by atoms with Crippen molar-refractivity contribution in [1.82, 2.24) is 0 Å². The Kier molecular flexibility index (Phi) is 6.77. The molecule has 1 nitrogen and oxygen atoms in total. The van der Waals surface area contributed by atoms with Gasteiger partial charge in [-0.1, -0.05) is 46.8 Å². The average molecular weight is 170 g/mol. The van der Waals surface area contributed by atoms with Crippen molar-refractivity contribution >= 4 is 0 Å². The van der Waals surface area contributed by atoms with E-state index < -0.39 is 0 Å². The first-order chi connectivity index (χ1) is 5.34. The second-order valence-corrected chi connectivity index (χ2v) is 3.63. The molecule has 1 N–H and O–H groups in total. The Labute approximate surface area is 76.8 Å². The highest BCUT2D eigenvalue weighted by molar-refractivity contribution is 5.17. The fourth-order valence-electron chi connectivity index (χ4n) is 0.450. The van der Waals surface area contributed by atoms with Crippen LogP contribution in [0.2, 0.25) is 0 Å². The van der Waals surface area contributed by atoms with Crippen molar-refractivity contribution in [1.29, 1.82) is 0 Å². The molecule has 0 spiro atoms. The van der Waals surface area contributed by atoms with Gasteiger partial charge in [0.1, 0.15) is 0 Å². The zero-order chi connectivity index (χ0) is 10.4. The summed E-state index contributed by atoms with van der Waals surface area (Å²) < 4.78 is 0. The molecule has 0 saturated carbocycles. The van der Waals surface area contributed by atoms with Crippen LogP contribution in [-0.2, 0) is 0 Å². The predicted molar refractivity (Wildman–Crippen MR) is 56.3 cm³/mol. The van der Waals surface area contributed by atoms with Gasteiger partial charge in [0.25, 0.3) is 0 Å². The van der Waals surface area contributed by atoms with E-state index in [0.29, 0.717) is 5.76 Å². The van der Waals surface area contributed by atoms with E-state index in [-0.39, 0.29) is 5.41 Å². The van der Waals surface area contributed by atoms with Crippen LogP contribution in [0.5, 0.6) is 0 Å². The number of hydrogen-bond donors (Lipinski definition) is 1. The topological polar surface area (TPSA) is 20.2 Å². The molecule has 0 atom stereocenters. The van der Waals surface area contributed by atoms with Gasteiger partial charge < -0.3 is 5.11 Å². The third kappa shape index (κ3) is 7.39. The number of allylic oxidation sites excluding steroid dienone is 3. The first kappa shape index (κ1) is 13.8. The molecular weight excluding hydrogens is 148 g/mol. The molecule has 0 aliphatic rings. The summed E-state index contributed by atoms with van der Waals surface area (Å²) in [6.07, 6.45) is 1.69. The molecule has 0 aromatic rings. The van der Waals surface area contributed by atoms with Gasteiger partial charge in [-0.2, -0.15) is 0 Å². The van der Waals surface area contributed by atoms with E-state index in [4.69, 9.17) is 0 Å². The smallest absolute Gasteiger partial charge is 0.0978 e. The van der Waals surface area contributed by atoms with E-state index in [2.05, 4.69) is 6.58 Å². The Balaban J connectivity index is 0. The van der Waals surface area contributed by atoms with Crippen molar-refractivity contribution in [2.24, 2.45) is 5.41 Å². The fourth-order valence-corrected chi connectivity index (χ4v) is 0.450. The van der Waals surface area contributed by atoms with Gasteiger partial charge in [-0.25, -0.2) is 0 Å². The van der Waals surface area contributed by atoms with Crippen molar-refractivity contribution in [2.75, 3.05) is 0 Å². The van der Waals surface area contributed by atoms with Crippen LogP contribution in [-0.4, -0.2) is 5.11 Å². The van der Waals surface area contributed by atoms with Crippen LogP contribution < -0.4 is 0 Å². The minimum atomic E-state index is -0.154. The molecule has 0 amide bonds. The second-order valence-electron chi connectivity index (χ2n) is 3.63. The summed E-state index contributed by atoms with van der Waals surface area (Å²) in [5, 5.41) is 9.36. The normalized spacial score (nSPS) is 11.7. The summed E-state index contributed by atoms with van der Waals surface area (Å²) in [6.45, 7) is 15.4. The standard InChI is InChI=1S/C9H16O.C2H6/c1-7(2)6-8(10)9(3,4)5;1-2/h6,10H,1H2,2-5H3;1-2H3/b8-6-;. The lowest BCUT2D eigenvalue weighted by Crippen LogP contribution is -2.08. The van der Waals surface area contributed by atoms with E-state index in [1.165, 1.54) is 0 Å². The Hall–Kier alpha value is -0.720. The van der Waals surface area contributed by atoms with Crippen molar-refractivity contribution in [3.8, 4) is 0 Å². The average Bonchev–Trinajstić information content (AvgIpc) is 1.88. The molecule has 0 heterocycles. The Morgan fingerprint density at radius 2 is 1.58 bits per heavy atom. The number of rotatable bonds is 1. The highest BCUT2D eigenvalue weighted by Crippen LogP contribution is 2.23. The fraction of sp³-hybridized carbons (Fsp3) is 0.636. The minimum Gasteiger partial charge on any atom is -0.512 e. The van der Waals surface area contributed by atoms with Gasteiger partial charge in [0.2, 0.25) is 0 Å². The SMILES string of the molecule is C=C(C)/C=C(\O)C(C)(C)C.CC. The summed E-state index contributed by atoms with van der Waals surface area (Å²) in [5.41, 5.74) is 0.728. The van der Waals surface area contributed by atoms with Crippen LogP contribution in [0, 0.1) is 5.41 Å². The van der Waals surface area contributed by atoms with E-state index in [1.54, 1.807) is 6.08 Å². The monoisotopic (exact) mass is 170 g/mol. The van der Waals surface area contributed by atoms with Crippen molar-refractivity contribution in [3.05, 3.63) is 24.0 Å². The minimum absolute atomic E-state index is 0.154. The molecule has 0 aromatic carbocycles. The lowest BCUT2D eigenvalue weighted by atomic mass is 9.93. The van der Waals surface area contributed by atoms with Gasteiger partial charge in [-0.05, 0) is 13.0 Å². The van der Waals surface area contributed by atoms with Crippen molar-refractivity contribution in [2.45, 2.75) is 41.5 Å². The Bertz CT molecular complexity index is 158. The van der Waals surface area contributed by atoms with Crippen LogP contribution in [0.15, 0.2) is 24.0 Å². The lowest BCUT2D eigenvalue weighted by molar-refractivity contribution is 0.277. The predicted octanol–water partition coefficient (Wildman–Crippen LogP) is 4.08. The Morgan fingerprint density at radius 1 is 1.25 bits per heavy atom. The summed E-state index contributed by atoms with van der Waals surface area (Å²) >= 11 is 0. The maximum atomic E-state index is 9.36. The number of hydrogen-bond acceptors (Lipinski definition) is 1. The summed E-state index contributed by atoms with van der Waals surface area (Å²) in [7, 11) is 0. The van der Waals surface area contributed by atoms with Crippen LogP contribution in [0.4, 0.5) is 0 Å². The third-order valence-corrected chi connectivity index (χ3v) is 1.15. The maximum Gasteiger partial charge on any atom is 0.0978 e. The molecule has 0 aliphatic heterocycles. The first-order valence-electron chi connectivity index (χ1n) is 4.40. The maximum absolute atomic E-state index is 9.36. The molecule has 0 fully saturated rings. The van der Waals surface area contributed by atoms with Crippen molar-refractivity contribution in [3.63, 3.8) is 0 Å². The van der Waals surface area contributed by atoms with E-state index in [1.807, 2.05) is 41.5 Å². The molecule has 0 rings (SSSR count). The second kappa shape index (κ2) is 5.87. The molecule has 0 unspecified atom stereocenters. The summed E-state index contributed by atoms with van der Waals surface area (Å²) in [5.74, 6) is 0.389. The first-order valence-corrected chi connectivity index (χ1v) is 4.40. The molecule has 0 bridgehead atoms. The van der Waals surface area contributed by atoms with Gasteiger partial charge >= 0.3 is 0 Å². The van der Waals surface area contributed by atoms with Crippen LogP contribution in [0.25, 0.3) is 0 Å². The number of aliphatic hydroxyl groups is 1. The lowest BCUT2D eigenvalue weighted by Gasteiger charge is -2.16. The quantitative estimate of drug-likeness (QED) is 0.464. The van der Waals surface area contributed by atoms with Gasteiger partial charge in [-0.15, -0.1) is 0 Å². The van der Waals surface area contributed by atoms with Crippen LogP contribution in [0.3, 0.4) is 0 Å². The van der Waals surface area contributed by atoms with Crippen LogP contribution in [0.1, 0.15) is 41.5 Å². The molecule has 0 aromatic heterocycles. The molecule has 0 radical (unpaired) electrons. The van der Waals surface area contributed by atoms with E-state index >= 15 is 0 Å². The van der Waals surface area contributed by atoms with Crippen LogP contribution >= 0.6 is 0 Å². The zero-order valence-electron chi connectivity index (χ0n) is 9.23. The van der Waals surface area contributed by atoms with Gasteiger partial charge in [0.05, 0.1) is 5.76 Å². The van der Waals surface area contributed by atoms with E-state index in [9.17, 15) is 5.11 Å². The van der Waals surface area contributed by atoms with Gasteiger partial charge in [0.15, 0.2) is 0 Å². The highest BCUT2D eigenvalue weighted by atomic mass is 16.3. The molecule has 72 valence electrons. The zero-order valence-corrected chi connectivity index (χ0v) is 9.23. The summed E-state index contributed by atoms with van der Waals surface area (Å²) in [4.78, 5) is 0. The molecule has 12 heavy (non-hydrogen) atoms. The molecular formula is C11H22O. The van der Waals surface area contributed by atoms with Gasteiger partial charge in [0, 0.05) is 5.41 Å². The van der Waals surface area contributed by atoms with Gasteiger partial charge in [-0.3, -0.25) is 0 Å². The highest BCUT2D eigenvalue weighted by Gasteiger charge is 2.14. The Morgan fingerprint density at radius 3 is 1.67 bits per heavy atom.